The van der Waals surface area contributed by atoms with Crippen molar-refractivity contribution >= 4 is 0 Å². The Labute approximate surface area is 125 Å². The van der Waals surface area contributed by atoms with Gasteiger partial charge >= 0.3 is 0 Å². The number of morpholine rings is 1. The first-order valence-corrected chi connectivity index (χ1v) is 7.17. The fourth-order valence-electron chi connectivity index (χ4n) is 2.92. The Hall–Kier alpha value is -1.41. The lowest BCUT2D eigenvalue weighted by Gasteiger charge is -2.41. The van der Waals surface area contributed by atoms with Gasteiger partial charge < -0.3 is 9.84 Å². The number of nitrogens with zero attached hydrogens (tertiary/aromatic N) is 1. The van der Waals surface area contributed by atoms with E-state index in [1.165, 1.54) is 12.1 Å². The zero-order chi connectivity index (χ0) is 15.5. The van der Waals surface area contributed by atoms with Crippen LogP contribution in [-0.4, -0.2) is 41.4 Å². The van der Waals surface area contributed by atoms with Gasteiger partial charge in [0.15, 0.2) is 0 Å². The normalized spacial score (nSPS) is 21.7. The number of aliphatic hydroxyl groups excluding tert-OH is 1. The lowest BCUT2D eigenvalue weighted by Crippen LogP contribution is -2.51. The van der Waals surface area contributed by atoms with E-state index in [0.29, 0.717) is 12.1 Å². The number of halogens is 1. The fourth-order valence-corrected chi connectivity index (χ4v) is 2.92. The minimum absolute atomic E-state index is 0.163. The highest BCUT2D eigenvalue weighted by Crippen LogP contribution is 2.22. The van der Waals surface area contributed by atoms with Crippen LogP contribution in [0.2, 0.25) is 0 Å². The zero-order valence-corrected chi connectivity index (χ0v) is 12.8. The van der Waals surface area contributed by atoms with E-state index in [2.05, 4.69) is 37.5 Å². The molecule has 21 heavy (non-hydrogen) atoms. The smallest absolute Gasteiger partial charge is 0.124 e. The summed E-state index contributed by atoms with van der Waals surface area (Å²) in [7, 11) is 0. The van der Waals surface area contributed by atoms with E-state index in [1.807, 2.05) is 6.07 Å². The van der Waals surface area contributed by atoms with Gasteiger partial charge in [-0.3, -0.25) is 4.90 Å². The monoisotopic (exact) mass is 291 g/mol. The maximum atomic E-state index is 13.7. The molecule has 114 valence electrons. The van der Waals surface area contributed by atoms with Crippen LogP contribution in [0.25, 0.3) is 0 Å². The molecule has 0 saturated carbocycles. The second-order valence-corrected chi connectivity index (χ2v) is 6.17. The first-order chi connectivity index (χ1) is 9.88. The van der Waals surface area contributed by atoms with E-state index in [0.717, 1.165) is 18.7 Å². The van der Waals surface area contributed by atoms with Crippen molar-refractivity contribution in [1.29, 1.82) is 0 Å². The van der Waals surface area contributed by atoms with Crippen molar-refractivity contribution in [2.24, 2.45) is 0 Å². The van der Waals surface area contributed by atoms with Crippen molar-refractivity contribution < 1.29 is 14.2 Å². The summed E-state index contributed by atoms with van der Waals surface area (Å²) in [6.45, 7) is 8.28. The summed E-state index contributed by atoms with van der Waals surface area (Å²) in [5.41, 5.74) is 1.30. The van der Waals surface area contributed by atoms with Gasteiger partial charge in [0.1, 0.15) is 12.4 Å². The Morgan fingerprint density at radius 3 is 2.86 bits per heavy atom. The van der Waals surface area contributed by atoms with Crippen LogP contribution >= 0.6 is 0 Å². The third-order valence-electron chi connectivity index (χ3n) is 3.32. The van der Waals surface area contributed by atoms with Crippen molar-refractivity contribution in [3.8, 4) is 11.8 Å². The van der Waals surface area contributed by atoms with Crippen molar-refractivity contribution in [3.05, 3.63) is 35.1 Å². The van der Waals surface area contributed by atoms with Crippen LogP contribution in [0.4, 0.5) is 4.39 Å². The molecule has 1 fully saturated rings. The van der Waals surface area contributed by atoms with Crippen molar-refractivity contribution in [1.82, 2.24) is 4.90 Å². The van der Waals surface area contributed by atoms with Gasteiger partial charge in [-0.1, -0.05) is 11.8 Å². The summed E-state index contributed by atoms with van der Waals surface area (Å²) in [6, 6.07) is 4.80. The van der Waals surface area contributed by atoms with E-state index in [4.69, 9.17) is 9.84 Å². The Morgan fingerprint density at radius 2 is 2.19 bits per heavy atom. The Balaban J connectivity index is 2.13. The molecular weight excluding hydrogens is 269 g/mol. The average molecular weight is 291 g/mol. The first-order valence-electron chi connectivity index (χ1n) is 7.17. The molecule has 0 spiro atoms. The predicted molar refractivity (Wildman–Crippen MR) is 80.3 cm³/mol. The molecule has 1 heterocycles. The van der Waals surface area contributed by atoms with Crippen LogP contribution < -0.4 is 0 Å². The molecule has 0 aromatic heterocycles. The van der Waals surface area contributed by atoms with Gasteiger partial charge in [0, 0.05) is 25.2 Å². The second-order valence-electron chi connectivity index (χ2n) is 6.17. The molecule has 0 radical (unpaired) electrons. The molecule has 2 rings (SSSR count). The molecule has 1 unspecified atom stereocenters. The van der Waals surface area contributed by atoms with Gasteiger partial charge in [0.2, 0.25) is 0 Å². The summed E-state index contributed by atoms with van der Waals surface area (Å²) in [5.74, 6) is 5.01. The van der Waals surface area contributed by atoms with Gasteiger partial charge in [-0.05, 0) is 44.5 Å². The minimum Gasteiger partial charge on any atom is -0.384 e. The molecule has 1 aliphatic rings. The largest absolute Gasteiger partial charge is 0.384 e. The standard InChI is InChI=1S/C17H22FNO2/c1-13-10-19(12-17(2,3)21-13)11-15-7-14(5-4-6-20)8-16(18)9-15/h7-9,13,20H,6,10-12H2,1-3H3. The summed E-state index contributed by atoms with van der Waals surface area (Å²) < 4.78 is 19.5. The molecule has 4 heteroatoms. The van der Waals surface area contributed by atoms with Crippen LogP contribution in [0.3, 0.4) is 0 Å². The molecule has 0 bridgehead atoms. The number of hydrogen-bond donors (Lipinski definition) is 1. The van der Waals surface area contributed by atoms with Gasteiger partial charge in [-0.25, -0.2) is 4.39 Å². The lowest BCUT2D eigenvalue weighted by atomic mass is 10.0. The number of rotatable bonds is 2. The van der Waals surface area contributed by atoms with Crippen LogP contribution in [-0.2, 0) is 11.3 Å². The Morgan fingerprint density at radius 1 is 1.43 bits per heavy atom. The summed E-state index contributed by atoms with van der Waals surface area (Å²) in [4.78, 5) is 2.27. The van der Waals surface area contributed by atoms with Gasteiger partial charge in [-0.15, -0.1) is 0 Å². The average Bonchev–Trinajstić information content (AvgIpc) is 2.33. The Kier molecular flexibility index (Phi) is 5.00. The third-order valence-corrected chi connectivity index (χ3v) is 3.32. The maximum absolute atomic E-state index is 13.7. The zero-order valence-electron chi connectivity index (χ0n) is 12.8. The molecule has 3 nitrogen and oxygen atoms in total. The van der Waals surface area contributed by atoms with Crippen molar-refractivity contribution in [2.45, 2.75) is 39.0 Å². The minimum atomic E-state index is -0.296. The summed E-state index contributed by atoms with van der Waals surface area (Å²) in [5, 5.41) is 8.72. The van der Waals surface area contributed by atoms with E-state index in [9.17, 15) is 4.39 Å². The highest BCUT2D eigenvalue weighted by molar-refractivity contribution is 5.37. The van der Waals surface area contributed by atoms with E-state index in [1.54, 1.807) is 0 Å². The quantitative estimate of drug-likeness (QED) is 0.848. The summed E-state index contributed by atoms with van der Waals surface area (Å²) >= 11 is 0. The maximum Gasteiger partial charge on any atom is 0.124 e. The second kappa shape index (κ2) is 6.57. The van der Waals surface area contributed by atoms with Crippen LogP contribution in [0.1, 0.15) is 31.9 Å². The van der Waals surface area contributed by atoms with Crippen LogP contribution in [0, 0.1) is 17.7 Å². The predicted octanol–water partition coefficient (Wildman–Crippen LogP) is 2.17. The van der Waals surface area contributed by atoms with Gasteiger partial charge in [0.25, 0.3) is 0 Å². The lowest BCUT2D eigenvalue weighted by molar-refractivity contribution is -0.130. The van der Waals surface area contributed by atoms with Gasteiger partial charge in [0.05, 0.1) is 11.7 Å². The molecule has 0 amide bonds. The summed E-state index contributed by atoms with van der Waals surface area (Å²) in [6.07, 6.45) is 0.163. The fraction of sp³-hybridized carbons (Fsp3) is 0.529. The highest BCUT2D eigenvalue weighted by Gasteiger charge is 2.31. The van der Waals surface area contributed by atoms with E-state index in [-0.39, 0.29) is 24.1 Å². The third kappa shape index (κ3) is 4.82. The van der Waals surface area contributed by atoms with Crippen LogP contribution in [0.15, 0.2) is 18.2 Å². The molecule has 1 aromatic rings. The van der Waals surface area contributed by atoms with Crippen LogP contribution in [0.5, 0.6) is 0 Å². The van der Waals surface area contributed by atoms with Crippen molar-refractivity contribution in [3.63, 3.8) is 0 Å². The number of aliphatic hydroxyl groups is 1. The molecule has 1 saturated heterocycles. The molecule has 1 N–H and O–H groups in total. The Bertz CT molecular complexity index is 560. The van der Waals surface area contributed by atoms with E-state index < -0.39 is 0 Å². The topological polar surface area (TPSA) is 32.7 Å². The molecular formula is C17H22FNO2. The number of hydrogen-bond acceptors (Lipinski definition) is 3. The number of benzene rings is 1. The van der Waals surface area contributed by atoms with Gasteiger partial charge in [-0.2, -0.15) is 0 Å². The number of ether oxygens (including phenoxy) is 1. The molecule has 0 aliphatic carbocycles. The van der Waals surface area contributed by atoms with Crippen molar-refractivity contribution in [2.75, 3.05) is 19.7 Å². The molecule has 1 atom stereocenters. The highest BCUT2D eigenvalue weighted by atomic mass is 19.1. The molecule has 1 aliphatic heterocycles. The SMILES string of the molecule is CC1CN(Cc2cc(F)cc(C#CCO)c2)CC(C)(C)O1. The first kappa shape index (κ1) is 16.0. The molecule has 1 aromatic carbocycles. The van der Waals surface area contributed by atoms with E-state index >= 15 is 0 Å².